The minimum absolute atomic E-state index is 0.0263. The van der Waals surface area contributed by atoms with Gasteiger partial charge in [0.05, 0.1) is 14.2 Å². The zero-order valence-electron chi connectivity index (χ0n) is 36.4. The van der Waals surface area contributed by atoms with E-state index in [1.165, 1.54) is 66.1 Å². The van der Waals surface area contributed by atoms with E-state index in [4.69, 9.17) is 26.5 Å². The molecule has 0 amide bonds. The van der Waals surface area contributed by atoms with Crippen LogP contribution >= 0.6 is 17.0 Å². The quantitative estimate of drug-likeness (QED) is 0.112. The predicted octanol–water partition coefficient (Wildman–Crippen LogP) is 15.6. The molecule has 56 heavy (non-hydrogen) atoms. The van der Waals surface area contributed by atoms with Crippen molar-refractivity contribution in [3.05, 3.63) is 119 Å². The van der Waals surface area contributed by atoms with E-state index in [0.29, 0.717) is 11.8 Å². The molecular formula is C50H64Cl2O2SiZr. The Bertz CT molecular complexity index is 1930. The Hall–Kier alpha value is -2.62. The molecule has 298 valence electrons. The molecule has 0 aliphatic heterocycles. The summed E-state index contributed by atoms with van der Waals surface area (Å²) >= 11 is -0.826. The maximum absolute atomic E-state index is 5.96. The van der Waals surface area contributed by atoms with Gasteiger partial charge in [0.25, 0.3) is 0 Å². The standard InChI is InChI=1S/2C24H29O.C2H6Si.2ClH.Zr/c2*1-16(2)12-17-13-19-15-21(24(3,4)5)23(25-6)22(20(19)14-17)18-10-8-7-9-11-18;1-3-2;;;/h2*7-11,13-16H,12H2,1-6H3;1-2H3;2*1H;/q2*-1;;;;+4/p-2. The van der Waals surface area contributed by atoms with Crippen molar-refractivity contribution in [3.8, 4) is 33.8 Å². The van der Waals surface area contributed by atoms with Crippen LogP contribution in [0.25, 0.3) is 43.8 Å². The third-order valence-electron chi connectivity index (χ3n) is 9.48. The van der Waals surface area contributed by atoms with Crippen molar-refractivity contribution >= 4 is 48.1 Å². The van der Waals surface area contributed by atoms with Gasteiger partial charge in [-0.3, -0.25) is 0 Å². The van der Waals surface area contributed by atoms with Crippen LogP contribution in [0.2, 0.25) is 13.1 Å². The minimum atomic E-state index is -0.826. The van der Waals surface area contributed by atoms with Gasteiger partial charge >= 0.3 is 37.9 Å². The second-order valence-electron chi connectivity index (χ2n) is 17.4. The molecule has 6 aromatic carbocycles. The van der Waals surface area contributed by atoms with Crippen molar-refractivity contribution in [1.82, 2.24) is 0 Å². The summed E-state index contributed by atoms with van der Waals surface area (Å²) in [6.45, 7) is 26.9. The van der Waals surface area contributed by atoms with E-state index >= 15 is 0 Å². The zero-order chi connectivity index (χ0) is 41.8. The topological polar surface area (TPSA) is 18.5 Å². The average Bonchev–Trinajstić information content (AvgIpc) is 3.72. The molecule has 0 fully saturated rings. The number of hydrogen-bond acceptors (Lipinski definition) is 2. The third-order valence-corrected chi connectivity index (χ3v) is 9.48. The van der Waals surface area contributed by atoms with E-state index in [0.717, 1.165) is 33.9 Å². The Morgan fingerprint density at radius 2 is 0.893 bits per heavy atom. The van der Waals surface area contributed by atoms with Gasteiger partial charge in [0, 0.05) is 9.52 Å². The summed E-state index contributed by atoms with van der Waals surface area (Å²) in [6.07, 6.45) is 2.21. The molecule has 0 atom stereocenters. The molecule has 0 unspecified atom stereocenters. The van der Waals surface area contributed by atoms with Crippen LogP contribution in [0.1, 0.15) is 91.5 Å². The normalized spacial score (nSPS) is 11.3. The fourth-order valence-corrected chi connectivity index (χ4v) is 7.30. The molecular weight excluding hydrogens is 823 g/mol. The molecule has 6 heteroatoms. The van der Waals surface area contributed by atoms with Gasteiger partial charge < -0.3 is 9.47 Å². The first kappa shape index (κ1) is 47.8. The van der Waals surface area contributed by atoms with E-state index in [-0.39, 0.29) is 10.8 Å². The summed E-state index contributed by atoms with van der Waals surface area (Å²) in [6, 6.07) is 35.3. The summed E-state index contributed by atoms with van der Waals surface area (Å²) in [4.78, 5) is 0. The van der Waals surface area contributed by atoms with E-state index in [9.17, 15) is 0 Å². The van der Waals surface area contributed by atoms with Crippen molar-refractivity contribution < 1.29 is 30.3 Å². The fraction of sp³-hybridized carbons (Fsp3) is 0.400. The predicted molar refractivity (Wildman–Crippen MR) is 247 cm³/mol. The number of ether oxygens (including phenoxy) is 2. The van der Waals surface area contributed by atoms with Gasteiger partial charge in [-0.05, 0) is 68.9 Å². The number of rotatable bonds is 8. The summed E-state index contributed by atoms with van der Waals surface area (Å²) in [5, 5.41) is 5.24. The molecule has 0 aliphatic rings. The number of methoxy groups -OCH3 is 2. The van der Waals surface area contributed by atoms with E-state index in [1.54, 1.807) is 14.2 Å². The van der Waals surface area contributed by atoms with E-state index in [1.807, 2.05) is 0 Å². The van der Waals surface area contributed by atoms with Crippen molar-refractivity contribution in [2.24, 2.45) is 11.8 Å². The second kappa shape index (κ2) is 21.9. The second-order valence-corrected chi connectivity index (χ2v) is 22.1. The maximum atomic E-state index is 5.96. The van der Waals surface area contributed by atoms with Gasteiger partial charge in [0.1, 0.15) is 11.5 Å². The molecule has 0 aromatic heterocycles. The van der Waals surface area contributed by atoms with Crippen LogP contribution in [0.5, 0.6) is 11.5 Å². The van der Waals surface area contributed by atoms with Gasteiger partial charge in [-0.1, -0.05) is 143 Å². The monoisotopic (exact) mass is 884 g/mol. The molecule has 0 bridgehead atoms. The molecule has 2 radical (unpaired) electrons. The number of benzene rings is 4. The summed E-state index contributed by atoms with van der Waals surface area (Å²) in [5.41, 5.74) is 10.3. The number of fused-ring (bicyclic) bond motifs is 2. The van der Waals surface area contributed by atoms with Crippen LogP contribution in [0.3, 0.4) is 0 Å². The van der Waals surface area contributed by atoms with Gasteiger partial charge in [-0.15, -0.1) is 56.9 Å². The first-order valence-corrected chi connectivity index (χ1v) is 28.1. The van der Waals surface area contributed by atoms with Crippen molar-refractivity contribution in [3.63, 3.8) is 0 Å². The molecule has 0 spiro atoms. The molecule has 0 heterocycles. The molecule has 2 nitrogen and oxygen atoms in total. The van der Waals surface area contributed by atoms with Crippen molar-refractivity contribution in [1.29, 1.82) is 0 Å². The van der Waals surface area contributed by atoms with Crippen LogP contribution in [0.4, 0.5) is 0 Å². The van der Waals surface area contributed by atoms with Crippen LogP contribution in [0, 0.1) is 11.8 Å². The Morgan fingerprint density at radius 3 is 1.14 bits per heavy atom. The molecule has 0 saturated carbocycles. The van der Waals surface area contributed by atoms with Crippen molar-refractivity contribution in [2.45, 2.75) is 106 Å². The fourth-order valence-electron chi connectivity index (χ4n) is 7.30. The molecule has 6 aromatic rings. The van der Waals surface area contributed by atoms with Gasteiger partial charge in [-0.25, -0.2) is 0 Å². The zero-order valence-corrected chi connectivity index (χ0v) is 41.3. The number of hydrogen-bond donors (Lipinski definition) is 0. The van der Waals surface area contributed by atoms with Gasteiger partial charge in [0.2, 0.25) is 0 Å². The molecule has 0 N–H and O–H groups in total. The molecule has 0 aliphatic carbocycles. The average molecular weight is 887 g/mol. The number of halogens is 2. The van der Waals surface area contributed by atoms with E-state index < -0.39 is 20.8 Å². The van der Waals surface area contributed by atoms with E-state index in [2.05, 4.69) is 179 Å². The van der Waals surface area contributed by atoms with Crippen molar-refractivity contribution in [2.75, 3.05) is 14.2 Å². The van der Waals surface area contributed by atoms with Gasteiger partial charge in [-0.2, -0.15) is 12.1 Å². The van der Waals surface area contributed by atoms with Crippen LogP contribution < -0.4 is 9.47 Å². The molecule has 0 saturated heterocycles. The summed E-state index contributed by atoms with van der Waals surface area (Å²) < 4.78 is 11.9. The molecule has 6 rings (SSSR count). The Morgan fingerprint density at radius 1 is 0.589 bits per heavy atom. The first-order chi connectivity index (χ1) is 26.4. The van der Waals surface area contributed by atoms with Gasteiger partial charge in [0.15, 0.2) is 0 Å². The van der Waals surface area contributed by atoms with Crippen LogP contribution in [0.15, 0.2) is 97.1 Å². The Kier molecular flexibility index (Phi) is 18.7. The Labute approximate surface area is 360 Å². The Balaban J connectivity index is 0.000000264. The summed E-state index contributed by atoms with van der Waals surface area (Å²) in [7, 11) is 14.5. The summed E-state index contributed by atoms with van der Waals surface area (Å²) in [5.74, 6) is 3.32. The van der Waals surface area contributed by atoms with Crippen LogP contribution in [-0.2, 0) is 44.5 Å². The third kappa shape index (κ3) is 12.7. The SMILES string of the molecule is COc1c(C(C)(C)C)cc2[cH-]c(CC(C)C)cc2c1-c1ccccc1.COc1c(C(C)(C)C)cc2[cH-]c(CC(C)C)cc2c1-c1ccccc1.C[Si]C.[Cl][Zr+2][Cl]. The first-order valence-electron chi connectivity index (χ1n) is 19.7. The van der Waals surface area contributed by atoms with Crippen LogP contribution in [-0.4, -0.2) is 23.7 Å².